The predicted molar refractivity (Wildman–Crippen MR) is 105 cm³/mol. The molecule has 3 N–H and O–H groups in total. The van der Waals surface area contributed by atoms with Crippen LogP contribution in [-0.4, -0.2) is 50.0 Å². The van der Waals surface area contributed by atoms with E-state index in [-0.39, 0.29) is 28.2 Å². The lowest BCUT2D eigenvalue weighted by Crippen LogP contribution is -2.52. The number of hydrogen-bond donors (Lipinski definition) is 2. The molecule has 0 radical (unpaired) electrons. The van der Waals surface area contributed by atoms with Crippen LogP contribution in [0, 0.1) is 0 Å². The highest BCUT2D eigenvalue weighted by molar-refractivity contribution is 8.01. The van der Waals surface area contributed by atoms with Crippen molar-refractivity contribution in [3.63, 3.8) is 0 Å². The fraction of sp³-hybridized carbons (Fsp3) is 0.647. The second kappa shape index (κ2) is 7.06. The van der Waals surface area contributed by atoms with Gasteiger partial charge in [-0.05, 0) is 19.8 Å². The van der Waals surface area contributed by atoms with Crippen molar-refractivity contribution in [1.82, 2.24) is 14.5 Å². The number of nitrogens with two attached hydrogens (primary N) is 1. The number of thioether (sulfide) groups is 1. The summed E-state index contributed by atoms with van der Waals surface area (Å²) in [5.41, 5.74) is 4.74. The zero-order valence-electron chi connectivity index (χ0n) is 15.8. The van der Waals surface area contributed by atoms with Gasteiger partial charge in [-0.1, -0.05) is 13.3 Å². The Hall–Kier alpha value is -2.23. The predicted octanol–water partition coefficient (Wildman–Crippen LogP) is 0.336. The van der Waals surface area contributed by atoms with Crippen LogP contribution < -0.4 is 21.9 Å². The van der Waals surface area contributed by atoms with Crippen molar-refractivity contribution in [2.75, 3.05) is 23.4 Å². The molecule has 0 bridgehead atoms. The van der Waals surface area contributed by atoms with E-state index in [2.05, 4.69) is 4.98 Å². The summed E-state index contributed by atoms with van der Waals surface area (Å²) in [6.45, 7) is 4.29. The summed E-state index contributed by atoms with van der Waals surface area (Å²) in [5, 5.41) is 0. The summed E-state index contributed by atoms with van der Waals surface area (Å²) in [6, 6.07) is -0.644. The van der Waals surface area contributed by atoms with Gasteiger partial charge in [-0.15, -0.1) is 11.8 Å². The molecule has 2 atom stereocenters. The third-order valence-corrected chi connectivity index (χ3v) is 6.85. The zero-order valence-corrected chi connectivity index (χ0v) is 16.6. The molecule has 2 aliphatic heterocycles. The van der Waals surface area contributed by atoms with Gasteiger partial charge >= 0.3 is 5.69 Å². The van der Waals surface area contributed by atoms with E-state index < -0.39 is 17.3 Å². The Morgan fingerprint density at radius 1 is 1.41 bits per heavy atom. The summed E-state index contributed by atoms with van der Waals surface area (Å²) in [7, 11) is 1.46. The molecule has 0 saturated carbocycles. The molecule has 0 aromatic carbocycles. The van der Waals surface area contributed by atoms with Gasteiger partial charge in [0.1, 0.15) is 11.9 Å². The van der Waals surface area contributed by atoms with Crippen LogP contribution in [0.25, 0.3) is 0 Å². The van der Waals surface area contributed by atoms with Crippen molar-refractivity contribution in [2.24, 2.45) is 0 Å². The quantitative estimate of drug-likeness (QED) is 0.741. The summed E-state index contributed by atoms with van der Waals surface area (Å²) in [4.78, 5) is 54.5. The van der Waals surface area contributed by atoms with E-state index in [1.54, 1.807) is 16.7 Å². The molecule has 3 rings (SSSR count). The monoisotopic (exact) mass is 395 g/mol. The van der Waals surface area contributed by atoms with E-state index >= 15 is 0 Å². The summed E-state index contributed by atoms with van der Waals surface area (Å²) < 4.78 is 1.28. The van der Waals surface area contributed by atoms with Gasteiger partial charge in [-0.25, -0.2) is 4.79 Å². The molecule has 9 nitrogen and oxygen atoms in total. The number of aromatic nitrogens is 2. The SMILES string of the molecule is CCCCn1c(N)c(N(C)C(=O)C2CSC3(C)CCC(=O)N23)c(=O)[nH]c1=O. The molecular weight excluding hydrogens is 370 g/mol. The number of aromatic amines is 1. The molecule has 1 aromatic heterocycles. The first-order chi connectivity index (χ1) is 12.7. The number of hydrogen-bond acceptors (Lipinski definition) is 6. The molecule has 2 aliphatic rings. The molecular formula is C17H25N5O4S. The van der Waals surface area contributed by atoms with Crippen molar-refractivity contribution in [3.05, 3.63) is 20.8 Å². The van der Waals surface area contributed by atoms with Crippen LogP contribution >= 0.6 is 11.8 Å². The van der Waals surface area contributed by atoms with Crippen LogP contribution in [0.15, 0.2) is 9.59 Å². The number of anilines is 2. The van der Waals surface area contributed by atoms with Crippen molar-refractivity contribution >= 4 is 35.1 Å². The smallest absolute Gasteiger partial charge is 0.330 e. The van der Waals surface area contributed by atoms with Gasteiger partial charge < -0.3 is 15.5 Å². The van der Waals surface area contributed by atoms with E-state index in [9.17, 15) is 19.2 Å². The van der Waals surface area contributed by atoms with Crippen molar-refractivity contribution < 1.29 is 9.59 Å². The zero-order chi connectivity index (χ0) is 19.9. The molecule has 2 unspecified atom stereocenters. The molecule has 0 aliphatic carbocycles. The Balaban J connectivity index is 1.95. The van der Waals surface area contributed by atoms with Crippen molar-refractivity contribution in [3.8, 4) is 0 Å². The maximum absolute atomic E-state index is 13.1. The number of nitrogen functional groups attached to an aromatic ring is 1. The van der Waals surface area contributed by atoms with Crippen LogP contribution in [0.1, 0.15) is 39.5 Å². The van der Waals surface area contributed by atoms with E-state index in [1.165, 1.54) is 16.5 Å². The topological polar surface area (TPSA) is 121 Å². The molecule has 0 spiro atoms. The number of rotatable bonds is 5. The second-order valence-corrected chi connectivity index (χ2v) is 8.66. The van der Waals surface area contributed by atoms with E-state index in [1.807, 2.05) is 13.8 Å². The van der Waals surface area contributed by atoms with E-state index in [4.69, 9.17) is 5.73 Å². The Morgan fingerprint density at radius 2 is 2.11 bits per heavy atom. The van der Waals surface area contributed by atoms with Crippen LogP contribution in [-0.2, 0) is 16.1 Å². The minimum absolute atomic E-state index is 0.0331. The standard InChI is InChI=1S/C17H25N5O4S/c1-4-5-8-21-13(18)12(14(24)19-16(21)26)20(3)15(25)10-9-27-17(2)7-6-11(23)22(10)17/h10H,4-9,18H2,1-3H3,(H,19,24,26). The molecule has 2 saturated heterocycles. The van der Waals surface area contributed by atoms with Crippen molar-refractivity contribution in [2.45, 2.75) is 57.0 Å². The first-order valence-electron chi connectivity index (χ1n) is 9.07. The number of H-pyrrole nitrogens is 1. The first-order valence-corrected chi connectivity index (χ1v) is 10.1. The number of unbranched alkanes of at least 4 members (excludes halogenated alkanes) is 1. The Bertz CT molecular complexity index is 894. The highest BCUT2D eigenvalue weighted by atomic mass is 32.2. The fourth-order valence-electron chi connectivity index (χ4n) is 3.78. The molecule has 1 aromatic rings. The van der Waals surface area contributed by atoms with Crippen LogP contribution in [0.3, 0.4) is 0 Å². The number of amides is 2. The third kappa shape index (κ3) is 3.15. The summed E-state index contributed by atoms with van der Waals surface area (Å²) >= 11 is 1.58. The van der Waals surface area contributed by atoms with Gasteiger partial charge in [0.25, 0.3) is 11.5 Å². The molecule has 2 fully saturated rings. The Labute approximate surface area is 160 Å². The van der Waals surface area contributed by atoms with Gasteiger partial charge in [0.2, 0.25) is 5.91 Å². The van der Waals surface area contributed by atoms with Gasteiger partial charge in [0.05, 0.1) is 4.87 Å². The number of carbonyl (C=O) groups excluding carboxylic acids is 2. The summed E-state index contributed by atoms with van der Waals surface area (Å²) in [5.74, 6) is 0.0104. The number of nitrogens with zero attached hydrogens (tertiary/aromatic N) is 3. The number of likely N-dealkylation sites (N-methyl/N-ethyl adjacent to an activating group) is 1. The minimum Gasteiger partial charge on any atom is -0.383 e. The molecule has 10 heteroatoms. The summed E-state index contributed by atoms with van der Waals surface area (Å²) in [6.07, 6.45) is 2.69. The first kappa shape index (κ1) is 19.5. The highest BCUT2D eigenvalue weighted by Crippen LogP contribution is 2.47. The van der Waals surface area contributed by atoms with Crippen LogP contribution in [0.5, 0.6) is 0 Å². The van der Waals surface area contributed by atoms with Gasteiger partial charge in [-0.3, -0.25) is 23.9 Å². The molecule has 27 heavy (non-hydrogen) atoms. The van der Waals surface area contributed by atoms with E-state index in [0.717, 1.165) is 6.42 Å². The van der Waals surface area contributed by atoms with Gasteiger partial charge in [0.15, 0.2) is 5.69 Å². The largest absolute Gasteiger partial charge is 0.383 e. The highest BCUT2D eigenvalue weighted by Gasteiger charge is 2.53. The van der Waals surface area contributed by atoms with Gasteiger partial charge in [-0.2, -0.15) is 0 Å². The van der Waals surface area contributed by atoms with Gasteiger partial charge in [0, 0.05) is 25.8 Å². The normalized spacial score (nSPS) is 24.3. The average molecular weight is 395 g/mol. The average Bonchev–Trinajstić information content (AvgIpc) is 3.10. The Kier molecular flexibility index (Phi) is 5.11. The number of carbonyl (C=O) groups is 2. The molecule has 2 amide bonds. The third-order valence-electron chi connectivity index (χ3n) is 5.35. The lowest BCUT2D eigenvalue weighted by atomic mass is 10.2. The fourth-order valence-corrected chi connectivity index (χ4v) is 5.20. The lowest BCUT2D eigenvalue weighted by molar-refractivity contribution is -0.136. The number of nitrogens with one attached hydrogen (secondary N) is 1. The lowest BCUT2D eigenvalue weighted by Gasteiger charge is -2.32. The number of fused-ring (bicyclic) bond motifs is 1. The molecule has 3 heterocycles. The maximum Gasteiger partial charge on any atom is 0.330 e. The van der Waals surface area contributed by atoms with Crippen molar-refractivity contribution in [1.29, 1.82) is 0 Å². The van der Waals surface area contributed by atoms with Crippen LogP contribution in [0.2, 0.25) is 0 Å². The van der Waals surface area contributed by atoms with Crippen LogP contribution in [0.4, 0.5) is 11.5 Å². The van der Waals surface area contributed by atoms with E-state index in [0.29, 0.717) is 31.6 Å². The molecule has 148 valence electrons. The maximum atomic E-state index is 13.1. The minimum atomic E-state index is -0.706. The Morgan fingerprint density at radius 3 is 2.78 bits per heavy atom. The second-order valence-electron chi connectivity index (χ2n) is 7.16.